The van der Waals surface area contributed by atoms with Crippen molar-refractivity contribution in [1.29, 1.82) is 0 Å². The number of anilines is 1. The van der Waals surface area contributed by atoms with E-state index in [1.165, 1.54) is 0 Å². The second-order valence-electron chi connectivity index (χ2n) is 6.92. The van der Waals surface area contributed by atoms with Crippen LogP contribution < -0.4 is 5.32 Å². The minimum absolute atomic E-state index is 0.0912. The van der Waals surface area contributed by atoms with Gasteiger partial charge in [0.1, 0.15) is 11.5 Å². The number of rotatable bonds is 5. The maximum absolute atomic E-state index is 12.7. The Morgan fingerprint density at radius 3 is 2.68 bits per heavy atom. The van der Waals surface area contributed by atoms with Crippen LogP contribution in [-0.4, -0.2) is 48.9 Å². The molecule has 0 spiro atoms. The normalized spacial score (nSPS) is 18.1. The number of carbonyl (C=O) groups is 1. The summed E-state index contributed by atoms with van der Waals surface area (Å²) in [5.41, 5.74) is 1.71. The molecule has 1 aromatic heterocycles. The highest BCUT2D eigenvalue weighted by molar-refractivity contribution is 5.94. The van der Waals surface area contributed by atoms with Crippen LogP contribution in [0.5, 0.6) is 0 Å². The minimum atomic E-state index is 0.0912. The summed E-state index contributed by atoms with van der Waals surface area (Å²) >= 11 is 0. The van der Waals surface area contributed by atoms with Crippen molar-refractivity contribution in [1.82, 2.24) is 9.80 Å². The molecular formula is C20H27N3O2. The van der Waals surface area contributed by atoms with Crippen LogP contribution in [0.2, 0.25) is 0 Å². The highest BCUT2D eigenvalue weighted by atomic mass is 16.3. The van der Waals surface area contributed by atoms with Gasteiger partial charge in [0.15, 0.2) is 0 Å². The van der Waals surface area contributed by atoms with Crippen LogP contribution in [0, 0.1) is 6.92 Å². The van der Waals surface area contributed by atoms with Crippen LogP contribution in [0.1, 0.15) is 34.7 Å². The second kappa shape index (κ2) is 7.74. The molecule has 1 N–H and O–H groups in total. The van der Waals surface area contributed by atoms with Crippen molar-refractivity contribution in [2.45, 2.75) is 32.4 Å². The fraction of sp³-hybridized carbons (Fsp3) is 0.450. The highest BCUT2D eigenvalue weighted by Crippen LogP contribution is 2.18. The van der Waals surface area contributed by atoms with Crippen molar-refractivity contribution >= 4 is 11.6 Å². The number of nitrogens with zero attached hydrogens (tertiary/aromatic N) is 2. The van der Waals surface area contributed by atoms with Crippen molar-refractivity contribution in [2.24, 2.45) is 0 Å². The van der Waals surface area contributed by atoms with E-state index in [2.05, 4.69) is 17.3 Å². The average molecular weight is 341 g/mol. The van der Waals surface area contributed by atoms with Crippen LogP contribution in [0.4, 0.5) is 5.69 Å². The van der Waals surface area contributed by atoms with Crippen molar-refractivity contribution in [3.63, 3.8) is 0 Å². The first-order valence-corrected chi connectivity index (χ1v) is 8.88. The first-order chi connectivity index (χ1) is 12.0. The van der Waals surface area contributed by atoms with Gasteiger partial charge in [-0.05, 0) is 69.8 Å². The zero-order valence-electron chi connectivity index (χ0n) is 15.3. The molecular weight excluding hydrogens is 314 g/mol. The van der Waals surface area contributed by atoms with Gasteiger partial charge in [-0.15, -0.1) is 0 Å². The molecule has 1 aliphatic heterocycles. The lowest BCUT2D eigenvalue weighted by molar-refractivity contribution is 0.0644. The lowest BCUT2D eigenvalue weighted by Gasteiger charge is -2.35. The molecule has 0 saturated carbocycles. The Morgan fingerprint density at radius 2 is 2.04 bits per heavy atom. The molecule has 1 aliphatic rings. The zero-order chi connectivity index (χ0) is 17.8. The summed E-state index contributed by atoms with van der Waals surface area (Å²) in [5.74, 6) is 1.90. The number of aryl methyl sites for hydroxylation is 1. The monoisotopic (exact) mass is 341 g/mol. The molecule has 1 aromatic carbocycles. The molecule has 25 heavy (non-hydrogen) atoms. The van der Waals surface area contributed by atoms with E-state index in [1.54, 1.807) is 0 Å². The number of nitrogens with one attached hydrogen (secondary N) is 1. The number of hydrogen-bond acceptors (Lipinski definition) is 4. The highest BCUT2D eigenvalue weighted by Gasteiger charge is 2.25. The van der Waals surface area contributed by atoms with Crippen molar-refractivity contribution in [3.8, 4) is 0 Å². The van der Waals surface area contributed by atoms with E-state index < -0.39 is 0 Å². The third-order valence-electron chi connectivity index (χ3n) is 4.86. The quantitative estimate of drug-likeness (QED) is 0.906. The number of likely N-dealkylation sites (tertiary alicyclic amines) is 1. The molecule has 5 nitrogen and oxygen atoms in total. The lowest BCUT2D eigenvalue weighted by Crippen LogP contribution is -2.47. The van der Waals surface area contributed by atoms with E-state index >= 15 is 0 Å². The third kappa shape index (κ3) is 4.42. The zero-order valence-corrected chi connectivity index (χ0v) is 15.3. The topological polar surface area (TPSA) is 48.7 Å². The van der Waals surface area contributed by atoms with Gasteiger partial charge >= 0.3 is 0 Å². The smallest absolute Gasteiger partial charge is 0.253 e. The summed E-state index contributed by atoms with van der Waals surface area (Å²) in [6.07, 6.45) is 2.22. The van der Waals surface area contributed by atoms with Gasteiger partial charge in [0.2, 0.25) is 0 Å². The van der Waals surface area contributed by atoms with Gasteiger partial charge in [-0.25, -0.2) is 0 Å². The predicted molar refractivity (Wildman–Crippen MR) is 99.8 cm³/mol. The number of hydrogen-bond donors (Lipinski definition) is 1. The standard InChI is InChI=1S/C20H27N3O2/c1-15-6-11-19(25-15)13-21-17-9-7-16(8-10-17)20(24)23(3)18-5-4-12-22(2)14-18/h6-11,18,21H,4-5,12-14H2,1-3H3/t18-/m0/s1. The molecule has 1 amide bonds. The maximum atomic E-state index is 12.7. The molecule has 1 atom stereocenters. The summed E-state index contributed by atoms with van der Waals surface area (Å²) in [7, 11) is 4.03. The van der Waals surface area contributed by atoms with Crippen LogP contribution in [0.25, 0.3) is 0 Å². The van der Waals surface area contributed by atoms with E-state index in [1.807, 2.05) is 55.3 Å². The molecule has 0 aliphatic carbocycles. The number of furan rings is 1. The van der Waals surface area contributed by atoms with Crippen LogP contribution >= 0.6 is 0 Å². The van der Waals surface area contributed by atoms with Gasteiger partial charge in [0, 0.05) is 30.9 Å². The Morgan fingerprint density at radius 1 is 1.28 bits per heavy atom. The van der Waals surface area contributed by atoms with Crippen LogP contribution in [0.3, 0.4) is 0 Å². The fourth-order valence-corrected chi connectivity index (χ4v) is 3.32. The number of amides is 1. The summed E-state index contributed by atoms with van der Waals surface area (Å²) in [6, 6.07) is 11.9. The van der Waals surface area contributed by atoms with Gasteiger partial charge in [0.05, 0.1) is 6.54 Å². The number of carbonyl (C=O) groups excluding carboxylic acids is 1. The Balaban J connectivity index is 1.58. The van der Waals surface area contributed by atoms with Crippen molar-refractivity contribution < 1.29 is 9.21 Å². The SMILES string of the molecule is Cc1ccc(CNc2ccc(C(=O)N(C)[C@H]3CCCN(C)C3)cc2)o1. The molecule has 0 radical (unpaired) electrons. The maximum Gasteiger partial charge on any atom is 0.253 e. The Kier molecular flexibility index (Phi) is 5.43. The molecule has 134 valence electrons. The van der Waals surface area contributed by atoms with E-state index in [4.69, 9.17) is 4.42 Å². The Bertz CT molecular complexity index is 708. The summed E-state index contributed by atoms with van der Waals surface area (Å²) in [6.45, 7) is 4.64. The number of benzene rings is 1. The van der Waals surface area contributed by atoms with E-state index in [-0.39, 0.29) is 5.91 Å². The molecule has 5 heteroatoms. The summed E-state index contributed by atoms with van der Waals surface area (Å²) in [4.78, 5) is 16.9. The second-order valence-corrected chi connectivity index (χ2v) is 6.92. The molecule has 0 unspecified atom stereocenters. The van der Waals surface area contributed by atoms with Crippen LogP contribution in [0.15, 0.2) is 40.8 Å². The largest absolute Gasteiger partial charge is 0.465 e. The molecule has 3 rings (SSSR count). The summed E-state index contributed by atoms with van der Waals surface area (Å²) in [5, 5.41) is 3.31. The number of likely N-dealkylation sites (N-methyl/N-ethyl adjacent to an activating group) is 2. The molecule has 2 aromatic rings. The third-order valence-corrected chi connectivity index (χ3v) is 4.86. The molecule has 1 fully saturated rings. The molecule has 0 bridgehead atoms. The van der Waals surface area contributed by atoms with E-state index in [0.29, 0.717) is 12.6 Å². The van der Waals surface area contributed by atoms with E-state index in [0.717, 1.165) is 48.7 Å². The van der Waals surface area contributed by atoms with Crippen molar-refractivity contribution in [2.75, 3.05) is 32.5 Å². The average Bonchev–Trinajstić information content (AvgIpc) is 3.04. The van der Waals surface area contributed by atoms with Crippen molar-refractivity contribution in [3.05, 3.63) is 53.5 Å². The molecule has 2 heterocycles. The first-order valence-electron chi connectivity index (χ1n) is 8.88. The van der Waals surface area contributed by atoms with Gasteiger partial charge in [-0.3, -0.25) is 4.79 Å². The molecule has 1 saturated heterocycles. The minimum Gasteiger partial charge on any atom is -0.465 e. The Hall–Kier alpha value is -2.27. The lowest BCUT2D eigenvalue weighted by atomic mass is 10.0. The van der Waals surface area contributed by atoms with E-state index in [9.17, 15) is 4.79 Å². The number of piperidine rings is 1. The van der Waals surface area contributed by atoms with Gasteiger partial charge in [-0.2, -0.15) is 0 Å². The fourth-order valence-electron chi connectivity index (χ4n) is 3.32. The first kappa shape index (κ1) is 17.5. The Labute approximate surface area is 149 Å². The van der Waals surface area contributed by atoms with Gasteiger partial charge < -0.3 is 19.5 Å². The predicted octanol–water partition coefficient (Wildman–Crippen LogP) is 3.37. The van der Waals surface area contributed by atoms with Gasteiger partial charge in [-0.1, -0.05) is 0 Å². The summed E-state index contributed by atoms with van der Waals surface area (Å²) < 4.78 is 5.55. The van der Waals surface area contributed by atoms with Crippen LogP contribution in [-0.2, 0) is 6.54 Å². The van der Waals surface area contributed by atoms with Gasteiger partial charge in [0.25, 0.3) is 5.91 Å².